The summed E-state index contributed by atoms with van der Waals surface area (Å²) in [7, 11) is 0. The van der Waals surface area contributed by atoms with Crippen molar-refractivity contribution < 1.29 is 0 Å². The Morgan fingerprint density at radius 3 is 3.24 bits per heavy atom. The molecule has 0 aliphatic carbocycles. The van der Waals surface area contributed by atoms with Crippen molar-refractivity contribution in [2.45, 2.75) is 32.2 Å². The molecule has 2 fully saturated rings. The molecule has 0 bridgehead atoms. The Bertz CT molecular complexity index is 391. The van der Waals surface area contributed by atoms with Gasteiger partial charge in [-0.2, -0.15) is 0 Å². The lowest BCUT2D eigenvalue weighted by molar-refractivity contribution is 0.244. The van der Waals surface area contributed by atoms with Gasteiger partial charge in [-0.15, -0.1) is 0 Å². The van der Waals surface area contributed by atoms with Crippen molar-refractivity contribution in [1.29, 1.82) is 0 Å². The molecule has 2 aliphatic heterocycles. The van der Waals surface area contributed by atoms with E-state index in [4.69, 9.17) is 0 Å². The Labute approximate surface area is 103 Å². The second kappa shape index (κ2) is 4.65. The van der Waals surface area contributed by atoms with Crippen LogP contribution in [0.15, 0.2) is 18.3 Å². The normalized spacial score (nSPS) is 28.9. The molecule has 2 unspecified atom stereocenters. The van der Waals surface area contributed by atoms with Gasteiger partial charge in [-0.1, -0.05) is 0 Å². The Kier molecular flexibility index (Phi) is 3.02. The van der Waals surface area contributed by atoms with Gasteiger partial charge in [0.1, 0.15) is 0 Å². The molecule has 1 N–H and O–H groups in total. The Morgan fingerprint density at radius 2 is 2.35 bits per heavy atom. The van der Waals surface area contributed by atoms with Crippen molar-refractivity contribution >= 4 is 5.69 Å². The molecule has 92 valence electrons. The highest BCUT2D eigenvalue weighted by Crippen LogP contribution is 2.28. The zero-order valence-electron chi connectivity index (χ0n) is 10.5. The molecule has 17 heavy (non-hydrogen) atoms. The van der Waals surface area contributed by atoms with E-state index in [-0.39, 0.29) is 0 Å². The summed E-state index contributed by atoms with van der Waals surface area (Å²) in [6.45, 7) is 5.67. The van der Waals surface area contributed by atoms with Gasteiger partial charge in [0, 0.05) is 36.7 Å². The van der Waals surface area contributed by atoms with Crippen molar-refractivity contribution in [1.82, 2.24) is 10.3 Å². The number of anilines is 1. The number of piperidine rings is 2. The summed E-state index contributed by atoms with van der Waals surface area (Å²) in [5.41, 5.74) is 2.47. The highest BCUT2D eigenvalue weighted by atomic mass is 15.2. The van der Waals surface area contributed by atoms with Gasteiger partial charge in [0.05, 0.1) is 0 Å². The van der Waals surface area contributed by atoms with Crippen LogP contribution in [0.3, 0.4) is 0 Å². The molecular weight excluding hydrogens is 210 g/mol. The summed E-state index contributed by atoms with van der Waals surface area (Å²) in [6, 6.07) is 5.11. The maximum Gasteiger partial charge on any atom is 0.0399 e. The minimum atomic E-state index is 0.767. The number of aromatic nitrogens is 1. The second-order valence-electron chi connectivity index (χ2n) is 5.35. The first-order valence-corrected chi connectivity index (χ1v) is 6.74. The van der Waals surface area contributed by atoms with Crippen LogP contribution in [0.1, 0.15) is 25.0 Å². The maximum absolute atomic E-state index is 4.28. The topological polar surface area (TPSA) is 28.2 Å². The van der Waals surface area contributed by atoms with E-state index in [1.54, 1.807) is 0 Å². The number of nitrogens with one attached hydrogen (secondary N) is 1. The lowest BCUT2D eigenvalue weighted by Gasteiger charge is -2.42. The van der Waals surface area contributed by atoms with Crippen LogP contribution in [0, 0.1) is 12.8 Å². The number of nitrogens with zero attached hydrogens (tertiary/aromatic N) is 2. The van der Waals surface area contributed by atoms with Crippen molar-refractivity contribution in [3.05, 3.63) is 24.0 Å². The van der Waals surface area contributed by atoms with Gasteiger partial charge in [0.25, 0.3) is 0 Å². The zero-order valence-corrected chi connectivity index (χ0v) is 10.5. The van der Waals surface area contributed by atoms with Gasteiger partial charge in [-0.3, -0.25) is 4.98 Å². The third kappa shape index (κ3) is 2.29. The monoisotopic (exact) mass is 231 g/mol. The first-order valence-electron chi connectivity index (χ1n) is 6.74. The lowest BCUT2D eigenvalue weighted by Crippen LogP contribution is -2.52. The van der Waals surface area contributed by atoms with E-state index in [9.17, 15) is 0 Å². The highest BCUT2D eigenvalue weighted by molar-refractivity contribution is 5.47. The van der Waals surface area contributed by atoms with Crippen LogP contribution in [0.5, 0.6) is 0 Å². The predicted octanol–water partition coefficient (Wildman–Crippen LogP) is 1.97. The average molecular weight is 231 g/mol. The van der Waals surface area contributed by atoms with Crippen LogP contribution in [0.4, 0.5) is 5.69 Å². The van der Waals surface area contributed by atoms with E-state index < -0.39 is 0 Å². The summed E-state index contributed by atoms with van der Waals surface area (Å²) in [5.74, 6) is 0.839. The number of hydrogen-bond donors (Lipinski definition) is 1. The molecule has 3 nitrogen and oxygen atoms in total. The van der Waals surface area contributed by atoms with Crippen molar-refractivity contribution in [2.75, 3.05) is 24.5 Å². The van der Waals surface area contributed by atoms with Gasteiger partial charge in [0.2, 0.25) is 0 Å². The summed E-state index contributed by atoms with van der Waals surface area (Å²) in [6.07, 6.45) is 5.94. The van der Waals surface area contributed by atoms with Crippen LogP contribution >= 0.6 is 0 Å². The molecule has 3 rings (SSSR count). The number of rotatable bonds is 1. The van der Waals surface area contributed by atoms with Gasteiger partial charge in [-0.05, 0) is 50.8 Å². The fourth-order valence-corrected chi connectivity index (χ4v) is 3.21. The van der Waals surface area contributed by atoms with Crippen LogP contribution < -0.4 is 10.2 Å². The highest BCUT2D eigenvalue weighted by Gasteiger charge is 2.30. The third-order valence-electron chi connectivity index (χ3n) is 4.14. The van der Waals surface area contributed by atoms with E-state index in [0.717, 1.165) is 17.7 Å². The fourth-order valence-electron chi connectivity index (χ4n) is 3.21. The largest absolute Gasteiger partial charge is 0.371 e. The first kappa shape index (κ1) is 11.0. The minimum absolute atomic E-state index is 0.767. The molecule has 0 aromatic carbocycles. The SMILES string of the molecule is Cc1cc(N2CCC3NCCCC3C2)ccn1. The molecule has 0 spiro atoms. The van der Waals surface area contributed by atoms with Crippen LogP contribution in [0.2, 0.25) is 0 Å². The average Bonchev–Trinajstić information content (AvgIpc) is 2.38. The third-order valence-corrected chi connectivity index (χ3v) is 4.14. The molecule has 0 saturated carbocycles. The molecule has 1 aromatic heterocycles. The van der Waals surface area contributed by atoms with Crippen LogP contribution in [-0.4, -0.2) is 30.7 Å². The summed E-state index contributed by atoms with van der Waals surface area (Å²) in [4.78, 5) is 6.81. The molecule has 2 saturated heterocycles. The standard InChI is InChI=1S/C14H21N3/c1-11-9-13(4-7-15-11)17-8-5-14-12(10-17)3-2-6-16-14/h4,7,9,12,14,16H,2-3,5-6,8,10H2,1H3. The molecule has 0 radical (unpaired) electrons. The Hall–Kier alpha value is -1.09. The first-order chi connectivity index (χ1) is 8.33. The van der Waals surface area contributed by atoms with Gasteiger partial charge in [-0.25, -0.2) is 0 Å². The minimum Gasteiger partial charge on any atom is -0.371 e. The molecule has 2 atom stereocenters. The molecular formula is C14H21N3. The van der Waals surface area contributed by atoms with E-state index in [0.29, 0.717) is 0 Å². The summed E-state index contributed by atoms with van der Waals surface area (Å²) < 4.78 is 0. The quantitative estimate of drug-likeness (QED) is 0.801. The second-order valence-corrected chi connectivity index (χ2v) is 5.35. The Morgan fingerprint density at radius 1 is 1.41 bits per heavy atom. The van der Waals surface area contributed by atoms with Crippen LogP contribution in [0.25, 0.3) is 0 Å². The molecule has 3 heteroatoms. The number of pyridine rings is 1. The summed E-state index contributed by atoms with van der Waals surface area (Å²) >= 11 is 0. The maximum atomic E-state index is 4.28. The van der Waals surface area contributed by atoms with Gasteiger partial charge < -0.3 is 10.2 Å². The summed E-state index contributed by atoms with van der Waals surface area (Å²) in [5, 5.41) is 3.67. The van der Waals surface area contributed by atoms with Crippen molar-refractivity contribution in [2.24, 2.45) is 5.92 Å². The Balaban J connectivity index is 1.73. The lowest BCUT2D eigenvalue weighted by atomic mass is 9.85. The van der Waals surface area contributed by atoms with E-state index in [1.165, 1.54) is 44.6 Å². The number of hydrogen-bond acceptors (Lipinski definition) is 3. The smallest absolute Gasteiger partial charge is 0.0399 e. The van der Waals surface area contributed by atoms with Gasteiger partial charge >= 0.3 is 0 Å². The van der Waals surface area contributed by atoms with Crippen molar-refractivity contribution in [3.8, 4) is 0 Å². The van der Waals surface area contributed by atoms with Gasteiger partial charge in [0.15, 0.2) is 0 Å². The number of fused-ring (bicyclic) bond motifs is 1. The predicted molar refractivity (Wildman–Crippen MR) is 70.3 cm³/mol. The van der Waals surface area contributed by atoms with E-state index >= 15 is 0 Å². The van der Waals surface area contributed by atoms with Crippen molar-refractivity contribution in [3.63, 3.8) is 0 Å². The number of aryl methyl sites for hydroxylation is 1. The van der Waals surface area contributed by atoms with E-state index in [2.05, 4.69) is 34.3 Å². The molecule has 3 heterocycles. The van der Waals surface area contributed by atoms with Crippen LogP contribution in [-0.2, 0) is 0 Å². The molecule has 0 amide bonds. The van der Waals surface area contributed by atoms with E-state index in [1.807, 2.05) is 6.20 Å². The zero-order chi connectivity index (χ0) is 11.7. The molecule has 2 aliphatic rings. The molecule has 1 aromatic rings. The fraction of sp³-hybridized carbons (Fsp3) is 0.643.